The molecule has 1 aromatic carbocycles. The Hall–Kier alpha value is 0.460. The molecule has 0 heterocycles. The first-order valence-corrected chi connectivity index (χ1v) is 8.84. The van der Waals surface area contributed by atoms with E-state index in [9.17, 15) is 0 Å². The summed E-state index contributed by atoms with van der Waals surface area (Å²) in [5.41, 5.74) is 0. The molecule has 0 atom stereocenters. The molecule has 0 fully saturated rings. The molecule has 0 bridgehead atoms. The topological polar surface area (TPSA) is 27.7 Å². The Morgan fingerprint density at radius 3 is 2.00 bits per heavy atom. The van der Waals surface area contributed by atoms with Crippen molar-refractivity contribution in [3.8, 4) is 5.75 Å². The van der Waals surface area contributed by atoms with Crippen molar-refractivity contribution in [1.29, 1.82) is 0 Å². The van der Waals surface area contributed by atoms with Gasteiger partial charge in [-0.2, -0.15) is 0 Å². The van der Waals surface area contributed by atoms with E-state index in [1.807, 2.05) is 0 Å². The second-order valence-corrected chi connectivity index (χ2v) is 7.23. The summed E-state index contributed by atoms with van der Waals surface area (Å²) in [5, 5.41) is 0.971. The molecular formula is C10H12Cl3O3PS. The zero-order valence-corrected chi connectivity index (χ0v) is 13.8. The van der Waals surface area contributed by atoms with Gasteiger partial charge in [-0.3, -0.25) is 9.05 Å². The van der Waals surface area contributed by atoms with Crippen LogP contribution >= 0.6 is 41.5 Å². The van der Waals surface area contributed by atoms with Crippen LogP contribution in [0.15, 0.2) is 12.1 Å². The van der Waals surface area contributed by atoms with Crippen LogP contribution in [0.25, 0.3) is 0 Å². The van der Waals surface area contributed by atoms with E-state index in [1.165, 1.54) is 12.1 Å². The number of benzene rings is 1. The molecule has 18 heavy (non-hydrogen) atoms. The predicted octanol–water partition coefficient (Wildman–Crippen LogP) is 5.32. The molecule has 0 N–H and O–H groups in total. The second-order valence-electron chi connectivity index (χ2n) is 3.07. The highest BCUT2D eigenvalue weighted by atomic mass is 35.5. The standard InChI is InChI=1S/C10H12Cl3O3PS/c1-3-14-17(18,15-4-2)16-10-6-8(12)7(11)5-9(10)13/h5-6H,3-4H2,1-2H3. The second kappa shape index (κ2) is 7.30. The summed E-state index contributed by atoms with van der Waals surface area (Å²) in [5.74, 6) is 0.302. The van der Waals surface area contributed by atoms with Gasteiger partial charge in [0, 0.05) is 17.9 Å². The summed E-state index contributed by atoms with van der Waals surface area (Å²) in [6.07, 6.45) is 0. The van der Waals surface area contributed by atoms with Crippen LogP contribution < -0.4 is 4.52 Å². The Morgan fingerprint density at radius 1 is 1.00 bits per heavy atom. The van der Waals surface area contributed by atoms with Gasteiger partial charge >= 0.3 is 6.72 Å². The van der Waals surface area contributed by atoms with Gasteiger partial charge in [0.25, 0.3) is 0 Å². The van der Waals surface area contributed by atoms with Crippen LogP contribution in [0.3, 0.4) is 0 Å². The van der Waals surface area contributed by atoms with Crippen LogP contribution in [0, 0.1) is 0 Å². The molecule has 0 aliphatic carbocycles. The largest absolute Gasteiger partial charge is 0.422 e. The van der Waals surface area contributed by atoms with Gasteiger partial charge in [0.1, 0.15) is 5.75 Å². The van der Waals surface area contributed by atoms with Crippen LogP contribution in [0.2, 0.25) is 15.1 Å². The lowest BCUT2D eigenvalue weighted by Crippen LogP contribution is -2.02. The number of hydrogen-bond donors (Lipinski definition) is 0. The molecule has 0 amide bonds. The zero-order valence-electron chi connectivity index (χ0n) is 9.78. The third kappa shape index (κ3) is 4.53. The average Bonchev–Trinajstić information content (AvgIpc) is 2.26. The highest BCUT2D eigenvalue weighted by Gasteiger charge is 2.23. The normalized spacial score (nSPS) is 11.6. The summed E-state index contributed by atoms with van der Waals surface area (Å²) >= 11 is 23.0. The molecule has 0 aliphatic heterocycles. The van der Waals surface area contributed by atoms with E-state index >= 15 is 0 Å². The molecule has 1 aromatic rings. The highest BCUT2D eigenvalue weighted by Crippen LogP contribution is 2.51. The first-order valence-electron chi connectivity index (χ1n) is 5.15. The molecule has 0 spiro atoms. The fraction of sp³-hybridized carbons (Fsp3) is 0.400. The van der Waals surface area contributed by atoms with Crippen molar-refractivity contribution in [3.63, 3.8) is 0 Å². The van der Waals surface area contributed by atoms with E-state index in [2.05, 4.69) is 0 Å². The molecule has 0 aromatic heterocycles. The summed E-state index contributed by atoms with van der Waals surface area (Å²) in [4.78, 5) is 0. The van der Waals surface area contributed by atoms with E-state index in [1.54, 1.807) is 13.8 Å². The quantitative estimate of drug-likeness (QED) is 0.513. The van der Waals surface area contributed by atoms with Crippen LogP contribution in [0.1, 0.15) is 13.8 Å². The molecule has 3 nitrogen and oxygen atoms in total. The van der Waals surface area contributed by atoms with Gasteiger partial charge in [0.05, 0.1) is 28.3 Å². The Labute approximate surface area is 127 Å². The minimum atomic E-state index is -2.86. The predicted molar refractivity (Wildman–Crippen MR) is 79.6 cm³/mol. The van der Waals surface area contributed by atoms with Crippen molar-refractivity contribution >= 4 is 53.3 Å². The minimum absolute atomic E-state index is 0.302. The molecule has 0 saturated carbocycles. The molecule has 0 aliphatic rings. The number of hydrogen-bond acceptors (Lipinski definition) is 4. The first kappa shape index (κ1) is 16.5. The van der Waals surface area contributed by atoms with Gasteiger partial charge in [-0.1, -0.05) is 34.8 Å². The molecular weight excluding hydrogens is 338 g/mol. The van der Waals surface area contributed by atoms with Crippen LogP contribution in [-0.4, -0.2) is 13.2 Å². The maximum atomic E-state index is 6.00. The van der Waals surface area contributed by atoms with Crippen molar-refractivity contribution in [1.82, 2.24) is 0 Å². The van der Waals surface area contributed by atoms with Gasteiger partial charge in [0.2, 0.25) is 0 Å². The lowest BCUT2D eigenvalue weighted by atomic mass is 10.3. The fourth-order valence-corrected chi connectivity index (χ4v) is 3.81. The first-order chi connectivity index (χ1) is 8.41. The fourth-order valence-electron chi connectivity index (χ4n) is 1.10. The molecule has 8 heteroatoms. The van der Waals surface area contributed by atoms with Crippen LogP contribution in [0.4, 0.5) is 0 Å². The van der Waals surface area contributed by atoms with E-state index in [0.29, 0.717) is 34.0 Å². The van der Waals surface area contributed by atoms with Crippen LogP contribution in [-0.2, 0) is 20.9 Å². The summed E-state index contributed by atoms with van der Waals surface area (Å²) < 4.78 is 16.2. The lowest BCUT2D eigenvalue weighted by Gasteiger charge is -2.21. The zero-order chi connectivity index (χ0) is 13.8. The number of halogens is 3. The van der Waals surface area contributed by atoms with Crippen molar-refractivity contribution in [2.75, 3.05) is 13.2 Å². The summed E-state index contributed by atoms with van der Waals surface area (Å²) in [7, 11) is 0. The number of rotatable bonds is 6. The van der Waals surface area contributed by atoms with E-state index in [4.69, 9.17) is 60.2 Å². The highest BCUT2D eigenvalue weighted by molar-refractivity contribution is 8.07. The molecule has 1 rings (SSSR count). The van der Waals surface area contributed by atoms with Gasteiger partial charge in [-0.25, -0.2) is 0 Å². The molecule has 0 saturated heterocycles. The lowest BCUT2D eigenvalue weighted by molar-refractivity contribution is 0.218. The van der Waals surface area contributed by atoms with Crippen LogP contribution in [0.5, 0.6) is 5.75 Å². The third-order valence-electron chi connectivity index (χ3n) is 1.76. The Balaban J connectivity index is 3.01. The monoisotopic (exact) mass is 348 g/mol. The minimum Gasteiger partial charge on any atom is -0.422 e. The molecule has 0 unspecified atom stereocenters. The van der Waals surface area contributed by atoms with Crippen molar-refractivity contribution in [3.05, 3.63) is 27.2 Å². The van der Waals surface area contributed by atoms with Gasteiger partial charge < -0.3 is 4.52 Å². The maximum Gasteiger partial charge on any atom is 0.380 e. The molecule has 102 valence electrons. The van der Waals surface area contributed by atoms with Crippen molar-refractivity contribution in [2.45, 2.75) is 13.8 Å². The smallest absolute Gasteiger partial charge is 0.380 e. The average molecular weight is 350 g/mol. The summed E-state index contributed by atoms with van der Waals surface area (Å²) in [6, 6.07) is 2.98. The maximum absolute atomic E-state index is 6.00. The summed E-state index contributed by atoms with van der Waals surface area (Å²) in [6.45, 7) is 1.53. The Kier molecular flexibility index (Phi) is 6.70. The van der Waals surface area contributed by atoms with Gasteiger partial charge in [-0.05, 0) is 19.9 Å². The van der Waals surface area contributed by atoms with Crippen molar-refractivity contribution < 1.29 is 13.6 Å². The SMILES string of the molecule is CCOP(=S)(OCC)Oc1cc(Cl)c(Cl)cc1Cl. The van der Waals surface area contributed by atoms with E-state index < -0.39 is 6.72 Å². The third-order valence-corrected chi connectivity index (χ3v) is 5.20. The van der Waals surface area contributed by atoms with E-state index in [0.717, 1.165) is 0 Å². The Bertz CT molecular complexity index is 460. The van der Waals surface area contributed by atoms with Gasteiger partial charge in [-0.15, -0.1) is 0 Å². The Morgan fingerprint density at radius 2 is 1.50 bits per heavy atom. The molecule has 0 radical (unpaired) electrons. The van der Waals surface area contributed by atoms with Crippen molar-refractivity contribution in [2.24, 2.45) is 0 Å². The van der Waals surface area contributed by atoms with E-state index in [-0.39, 0.29) is 0 Å². The van der Waals surface area contributed by atoms with Gasteiger partial charge in [0.15, 0.2) is 0 Å².